The lowest BCUT2D eigenvalue weighted by atomic mass is 9.93. The van der Waals surface area contributed by atoms with E-state index in [1.807, 2.05) is 34.8 Å². The van der Waals surface area contributed by atoms with Crippen molar-refractivity contribution in [3.63, 3.8) is 0 Å². The summed E-state index contributed by atoms with van der Waals surface area (Å²) < 4.78 is 7.64. The number of nitrogens with zero attached hydrogens (tertiary/aromatic N) is 3. The quantitative estimate of drug-likeness (QED) is 0.808. The summed E-state index contributed by atoms with van der Waals surface area (Å²) >= 11 is 0. The molecule has 0 radical (unpaired) electrons. The molecule has 1 aromatic carbocycles. The summed E-state index contributed by atoms with van der Waals surface area (Å²) in [5.41, 5.74) is 5.88. The van der Waals surface area contributed by atoms with E-state index in [9.17, 15) is 9.59 Å². The summed E-state index contributed by atoms with van der Waals surface area (Å²) in [4.78, 5) is 29.8. The Bertz CT molecular complexity index is 785. The first kappa shape index (κ1) is 18.9. The maximum Gasteiger partial charge on any atom is 0.253 e. The van der Waals surface area contributed by atoms with E-state index in [0.29, 0.717) is 36.8 Å². The second kappa shape index (κ2) is 8.70. The molecule has 1 atom stereocenters. The molecule has 2 aromatic rings. The van der Waals surface area contributed by atoms with Crippen molar-refractivity contribution in [2.45, 2.75) is 32.3 Å². The minimum Gasteiger partial charge on any atom is -0.486 e. The number of likely N-dealkylation sites (tertiary alicyclic amines) is 1. The number of hydrogen-bond acceptors (Lipinski definition) is 4. The Balaban J connectivity index is 1.55. The fourth-order valence-corrected chi connectivity index (χ4v) is 3.39. The number of benzene rings is 1. The number of primary amides is 1. The number of piperidine rings is 1. The van der Waals surface area contributed by atoms with Crippen LogP contribution in [0.1, 0.15) is 41.9 Å². The average Bonchev–Trinajstić information content (AvgIpc) is 3.09. The third kappa shape index (κ3) is 5.09. The first-order valence-corrected chi connectivity index (χ1v) is 9.29. The van der Waals surface area contributed by atoms with Crippen LogP contribution in [0, 0.1) is 5.92 Å². The number of carbonyl (C=O) groups is 2. The lowest BCUT2D eigenvalue weighted by Gasteiger charge is -2.32. The normalized spacial score (nSPS) is 16.9. The molecule has 2 heterocycles. The molecule has 1 saturated heterocycles. The summed E-state index contributed by atoms with van der Waals surface area (Å²) in [6.45, 7) is 1.82. The van der Waals surface area contributed by atoms with Crippen molar-refractivity contribution in [3.8, 4) is 5.75 Å². The topological polar surface area (TPSA) is 90.5 Å². The number of aryl methyl sites for hydroxylation is 1. The molecule has 0 spiro atoms. The number of rotatable bonds is 7. The summed E-state index contributed by atoms with van der Waals surface area (Å²) in [5, 5.41) is 0. The Morgan fingerprint density at radius 1 is 1.30 bits per heavy atom. The van der Waals surface area contributed by atoms with Crippen LogP contribution in [0.3, 0.4) is 0 Å². The van der Waals surface area contributed by atoms with Crippen LogP contribution in [0.5, 0.6) is 5.75 Å². The molecule has 1 aromatic heterocycles. The van der Waals surface area contributed by atoms with E-state index >= 15 is 0 Å². The van der Waals surface area contributed by atoms with Gasteiger partial charge in [-0.2, -0.15) is 0 Å². The van der Waals surface area contributed by atoms with Gasteiger partial charge in [-0.15, -0.1) is 0 Å². The zero-order chi connectivity index (χ0) is 19.2. The highest BCUT2D eigenvalue weighted by Gasteiger charge is 2.24. The van der Waals surface area contributed by atoms with Crippen molar-refractivity contribution in [2.24, 2.45) is 18.7 Å². The molecule has 1 aliphatic rings. The molecule has 0 bridgehead atoms. The molecule has 0 saturated carbocycles. The van der Waals surface area contributed by atoms with Gasteiger partial charge in [0, 0.05) is 44.5 Å². The van der Waals surface area contributed by atoms with Gasteiger partial charge in [-0.3, -0.25) is 9.59 Å². The molecule has 1 aliphatic heterocycles. The van der Waals surface area contributed by atoms with E-state index in [4.69, 9.17) is 10.5 Å². The van der Waals surface area contributed by atoms with E-state index in [1.54, 1.807) is 18.3 Å². The Morgan fingerprint density at radius 2 is 2.07 bits per heavy atom. The number of aromatic nitrogens is 2. The molecule has 1 unspecified atom stereocenters. The van der Waals surface area contributed by atoms with Crippen LogP contribution in [0.2, 0.25) is 0 Å². The Hall–Kier alpha value is -2.83. The van der Waals surface area contributed by atoms with Crippen LogP contribution in [-0.4, -0.2) is 39.4 Å². The monoisotopic (exact) mass is 370 g/mol. The minimum absolute atomic E-state index is 0.0226. The van der Waals surface area contributed by atoms with Gasteiger partial charge in [0.1, 0.15) is 18.2 Å². The van der Waals surface area contributed by atoms with E-state index in [0.717, 1.165) is 31.6 Å². The van der Waals surface area contributed by atoms with Gasteiger partial charge in [0.2, 0.25) is 5.91 Å². The Labute approximate surface area is 159 Å². The molecule has 7 nitrogen and oxygen atoms in total. The van der Waals surface area contributed by atoms with E-state index < -0.39 is 0 Å². The van der Waals surface area contributed by atoms with Crippen molar-refractivity contribution in [1.82, 2.24) is 14.5 Å². The van der Waals surface area contributed by atoms with Crippen LogP contribution in [-0.2, 0) is 18.4 Å². The SMILES string of the molecule is Cn1ccnc1COc1ccc(C(=O)N2CCCC(CCC(N)=O)C2)cc1. The largest absolute Gasteiger partial charge is 0.486 e. The highest BCUT2D eigenvalue weighted by Crippen LogP contribution is 2.23. The predicted octanol–water partition coefficient (Wildman–Crippen LogP) is 2.12. The third-order valence-electron chi connectivity index (χ3n) is 5.00. The highest BCUT2D eigenvalue weighted by atomic mass is 16.5. The minimum atomic E-state index is -0.278. The molecule has 7 heteroatoms. The summed E-state index contributed by atoms with van der Waals surface area (Å²) in [5.74, 6) is 1.63. The lowest BCUT2D eigenvalue weighted by molar-refractivity contribution is -0.118. The van der Waals surface area contributed by atoms with Gasteiger partial charge in [0.05, 0.1) is 0 Å². The van der Waals surface area contributed by atoms with Crippen LogP contribution >= 0.6 is 0 Å². The van der Waals surface area contributed by atoms with Crippen molar-refractivity contribution in [3.05, 3.63) is 48.0 Å². The molecular formula is C20H26N4O3. The van der Waals surface area contributed by atoms with Crippen LogP contribution < -0.4 is 10.5 Å². The number of hydrogen-bond donors (Lipinski definition) is 1. The van der Waals surface area contributed by atoms with Crippen molar-refractivity contribution in [2.75, 3.05) is 13.1 Å². The number of ether oxygens (including phenoxy) is 1. The van der Waals surface area contributed by atoms with Gasteiger partial charge in [-0.05, 0) is 49.4 Å². The molecule has 2 amide bonds. The molecule has 2 N–H and O–H groups in total. The molecule has 144 valence electrons. The number of carbonyl (C=O) groups excluding carboxylic acids is 2. The zero-order valence-electron chi connectivity index (χ0n) is 15.6. The van der Waals surface area contributed by atoms with E-state index in [-0.39, 0.29) is 11.8 Å². The zero-order valence-corrected chi connectivity index (χ0v) is 15.6. The van der Waals surface area contributed by atoms with Crippen LogP contribution in [0.15, 0.2) is 36.7 Å². The smallest absolute Gasteiger partial charge is 0.253 e. The first-order chi connectivity index (χ1) is 13.0. The van der Waals surface area contributed by atoms with Crippen molar-refractivity contribution in [1.29, 1.82) is 0 Å². The van der Waals surface area contributed by atoms with Gasteiger partial charge in [-0.1, -0.05) is 0 Å². The lowest BCUT2D eigenvalue weighted by Crippen LogP contribution is -2.40. The maximum atomic E-state index is 12.8. The second-order valence-electron chi connectivity index (χ2n) is 7.03. The van der Waals surface area contributed by atoms with Gasteiger partial charge in [0.25, 0.3) is 5.91 Å². The molecule has 1 fully saturated rings. The molecule has 3 rings (SSSR count). The predicted molar refractivity (Wildman–Crippen MR) is 101 cm³/mol. The summed E-state index contributed by atoms with van der Waals surface area (Å²) in [7, 11) is 1.92. The van der Waals surface area contributed by atoms with Gasteiger partial charge in [0.15, 0.2) is 0 Å². The van der Waals surface area contributed by atoms with Crippen LogP contribution in [0.4, 0.5) is 0 Å². The van der Waals surface area contributed by atoms with E-state index in [1.165, 1.54) is 0 Å². The summed E-state index contributed by atoms with van der Waals surface area (Å²) in [6, 6.07) is 7.21. The fourth-order valence-electron chi connectivity index (χ4n) is 3.39. The van der Waals surface area contributed by atoms with Crippen molar-refractivity contribution < 1.29 is 14.3 Å². The van der Waals surface area contributed by atoms with Crippen molar-refractivity contribution >= 4 is 11.8 Å². The third-order valence-corrected chi connectivity index (χ3v) is 5.00. The number of amides is 2. The first-order valence-electron chi connectivity index (χ1n) is 9.29. The van der Waals surface area contributed by atoms with Gasteiger partial charge < -0.3 is 19.9 Å². The molecule has 27 heavy (non-hydrogen) atoms. The van der Waals surface area contributed by atoms with E-state index in [2.05, 4.69) is 4.98 Å². The summed E-state index contributed by atoms with van der Waals surface area (Å²) in [6.07, 6.45) is 6.73. The van der Waals surface area contributed by atoms with Crippen LogP contribution in [0.25, 0.3) is 0 Å². The van der Waals surface area contributed by atoms with Gasteiger partial charge in [-0.25, -0.2) is 4.98 Å². The maximum absolute atomic E-state index is 12.8. The fraction of sp³-hybridized carbons (Fsp3) is 0.450. The number of nitrogens with two attached hydrogens (primary N) is 1. The molecule has 0 aliphatic carbocycles. The number of imidazole rings is 1. The highest BCUT2D eigenvalue weighted by molar-refractivity contribution is 5.94. The standard InChI is InChI=1S/C20H26N4O3/c1-23-12-10-22-19(23)14-27-17-7-5-16(6-8-17)20(26)24-11-2-3-15(13-24)4-9-18(21)25/h5-8,10,12,15H,2-4,9,11,13-14H2,1H3,(H2,21,25). The Morgan fingerprint density at radius 3 is 2.74 bits per heavy atom. The molecular weight excluding hydrogens is 344 g/mol. The average molecular weight is 370 g/mol. The second-order valence-corrected chi connectivity index (χ2v) is 7.03. The Kier molecular flexibility index (Phi) is 6.11. The van der Waals surface area contributed by atoms with Gasteiger partial charge >= 0.3 is 0 Å².